The van der Waals surface area contributed by atoms with Crippen molar-refractivity contribution in [1.82, 2.24) is 5.32 Å². The van der Waals surface area contributed by atoms with Crippen LogP contribution in [0.5, 0.6) is 5.75 Å². The standard InChI is InChI=1S/C18H30FNO/c1-4-7-9-15(6-3)14-21-18-16(13-20-12-5-2)10-8-11-17(18)19/h8,10-11,15,20H,4-7,9,12-14H2,1-3H3. The summed E-state index contributed by atoms with van der Waals surface area (Å²) in [6.45, 7) is 8.70. The van der Waals surface area contributed by atoms with E-state index in [1.807, 2.05) is 6.07 Å². The zero-order chi connectivity index (χ0) is 15.5. The van der Waals surface area contributed by atoms with Gasteiger partial charge in [0.05, 0.1) is 6.61 Å². The molecule has 0 aliphatic rings. The van der Waals surface area contributed by atoms with Gasteiger partial charge < -0.3 is 10.1 Å². The molecule has 21 heavy (non-hydrogen) atoms. The summed E-state index contributed by atoms with van der Waals surface area (Å²) in [6, 6.07) is 5.17. The summed E-state index contributed by atoms with van der Waals surface area (Å²) in [5.74, 6) is 0.688. The van der Waals surface area contributed by atoms with Crippen molar-refractivity contribution in [3.63, 3.8) is 0 Å². The van der Waals surface area contributed by atoms with Crippen LogP contribution in [0.4, 0.5) is 4.39 Å². The Balaban J connectivity index is 2.63. The van der Waals surface area contributed by atoms with Gasteiger partial charge >= 0.3 is 0 Å². The van der Waals surface area contributed by atoms with Gasteiger partial charge in [-0.05, 0) is 31.4 Å². The monoisotopic (exact) mass is 295 g/mol. The summed E-state index contributed by atoms with van der Waals surface area (Å²) in [7, 11) is 0. The first kappa shape index (κ1) is 18.0. The van der Waals surface area contributed by atoms with Gasteiger partial charge in [-0.1, -0.05) is 52.2 Å². The van der Waals surface area contributed by atoms with E-state index in [9.17, 15) is 4.39 Å². The second-order valence-electron chi connectivity index (χ2n) is 5.63. The molecule has 120 valence electrons. The third-order valence-electron chi connectivity index (χ3n) is 3.80. The summed E-state index contributed by atoms with van der Waals surface area (Å²) < 4.78 is 19.8. The van der Waals surface area contributed by atoms with Gasteiger partial charge in [0.15, 0.2) is 11.6 Å². The van der Waals surface area contributed by atoms with Crippen LogP contribution in [0.25, 0.3) is 0 Å². The third-order valence-corrected chi connectivity index (χ3v) is 3.80. The van der Waals surface area contributed by atoms with Crippen LogP contribution in [0, 0.1) is 11.7 Å². The van der Waals surface area contributed by atoms with E-state index in [0.29, 0.717) is 24.8 Å². The van der Waals surface area contributed by atoms with Gasteiger partial charge in [0.25, 0.3) is 0 Å². The van der Waals surface area contributed by atoms with Crippen LogP contribution in [0.2, 0.25) is 0 Å². The predicted molar refractivity (Wildman–Crippen MR) is 87.2 cm³/mol. The first-order valence-corrected chi connectivity index (χ1v) is 8.33. The van der Waals surface area contributed by atoms with Crippen LogP contribution >= 0.6 is 0 Å². The first-order chi connectivity index (χ1) is 10.2. The number of unbranched alkanes of at least 4 members (excludes halogenated alkanes) is 1. The molecule has 0 spiro atoms. The highest BCUT2D eigenvalue weighted by atomic mass is 19.1. The largest absolute Gasteiger partial charge is 0.490 e. The first-order valence-electron chi connectivity index (χ1n) is 8.33. The number of benzene rings is 1. The van der Waals surface area contributed by atoms with Crippen molar-refractivity contribution in [2.45, 2.75) is 59.4 Å². The van der Waals surface area contributed by atoms with E-state index < -0.39 is 0 Å². The number of ether oxygens (including phenoxy) is 1. The molecule has 0 bridgehead atoms. The van der Waals surface area contributed by atoms with Crippen LogP contribution in [-0.4, -0.2) is 13.2 Å². The molecule has 0 radical (unpaired) electrons. The maximum atomic E-state index is 14.0. The molecular formula is C18H30FNO. The minimum absolute atomic E-state index is 0.254. The van der Waals surface area contributed by atoms with Gasteiger partial charge in [-0.2, -0.15) is 0 Å². The van der Waals surface area contributed by atoms with Crippen molar-refractivity contribution >= 4 is 0 Å². The quantitative estimate of drug-likeness (QED) is 0.585. The topological polar surface area (TPSA) is 21.3 Å². The number of halogens is 1. The Morgan fingerprint density at radius 1 is 1.19 bits per heavy atom. The lowest BCUT2D eigenvalue weighted by molar-refractivity contribution is 0.222. The molecule has 1 aromatic carbocycles. The summed E-state index contributed by atoms with van der Waals surface area (Å²) >= 11 is 0. The predicted octanol–water partition coefficient (Wildman–Crippen LogP) is 4.92. The van der Waals surface area contributed by atoms with Gasteiger partial charge in [0.1, 0.15) is 0 Å². The lowest BCUT2D eigenvalue weighted by Crippen LogP contribution is -2.17. The zero-order valence-corrected chi connectivity index (χ0v) is 13.8. The normalized spacial score (nSPS) is 12.4. The van der Waals surface area contributed by atoms with E-state index in [2.05, 4.69) is 26.1 Å². The smallest absolute Gasteiger partial charge is 0.165 e. The fourth-order valence-electron chi connectivity index (χ4n) is 2.35. The average Bonchev–Trinajstić information content (AvgIpc) is 2.49. The van der Waals surface area contributed by atoms with Crippen molar-refractivity contribution in [3.05, 3.63) is 29.6 Å². The molecule has 1 N–H and O–H groups in total. The average molecular weight is 295 g/mol. The number of hydrogen-bond donors (Lipinski definition) is 1. The van der Waals surface area contributed by atoms with Crippen molar-refractivity contribution in [3.8, 4) is 5.75 Å². The summed E-state index contributed by atoms with van der Waals surface area (Å²) in [5, 5.41) is 3.31. The van der Waals surface area contributed by atoms with E-state index in [1.54, 1.807) is 6.07 Å². The van der Waals surface area contributed by atoms with Crippen LogP contribution in [0.1, 0.15) is 58.4 Å². The highest BCUT2D eigenvalue weighted by molar-refractivity contribution is 5.34. The Kier molecular flexibility index (Phi) is 9.07. The molecule has 3 heteroatoms. The summed E-state index contributed by atoms with van der Waals surface area (Å²) in [6.07, 6.45) is 5.72. The van der Waals surface area contributed by atoms with Crippen molar-refractivity contribution in [2.75, 3.05) is 13.2 Å². The summed E-state index contributed by atoms with van der Waals surface area (Å²) in [4.78, 5) is 0. The number of para-hydroxylation sites is 1. The van der Waals surface area contributed by atoms with Gasteiger partial charge in [-0.15, -0.1) is 0 Å². The van der Waals surface area contributed by atoms with Crippen LogP contribution in [-0.2, 0) is 6.54 Å². The highest BCUT2D eigenvalue weighted by Gasteiger charge is 2.13. The van der Waals surface area contributed by atoms with Crippen molar-refractivity contribution in [1.29, 1.82) is 0 Å². The Hall–Kier alpha value is -1.09. The molecule has 0 aliphatic carbocycles. The van der Waals surface area contributed by atoms with Crippen LogP contribution < -0.4 is 10.1 Å². The Labute approximate surface area is 129 Å². The molecule has 0 aromatic heterocycles. The lowest BCUT2D eigenvalue weighted by atomic mass is 10.0. The fourth-order valence-corrected chi connectivity index (χ4v) is 2.35. The van der Waals surface area contributed by atoms with E-state index in [1.165, 1.54) is 18.9 Å². The van der Waals surface area contributed by atoms with Gasteiger partial charge in [0, 0.05) is 12.1 Å². The van der Waals surface area contributed by atoms with E-state index >= 15 is 0 Å². The highest BCUT2D eigenvalue weighted by Crippen LogP contribution is 2.24. The molecular weight excluding hydrogens is 265 g/mol. The number of hydrogen-bond acceptors (Lipinski definition) is 2. The van der Waals surface area contributed by atoms with E-state index in [0.717, 1.165) is 31.4 Å². The molecule has 0 amide bonds. The summed E-state index contributed by atoms with van der Waals surface area (Å²) in [5.41, 5.74) is 0.911. The Morgan fingerprint density at radius 2 is 2.00 bits per heavy atom. The molecule has 0 aliphatic heterocycles. The van der Waals surface area contributed by atoms with Crippen LogP contribution in [0.15, 0.2) is 18.2 Å². The number of rotatable bonds is 11. The molecule has 2 nitrogen and oxygen atoms in total. The van der Waals surface area contributed by atoms with Crippen molar-refractivity contribution in [2.24, 2.45) is 5.92 Å². The zero-order valence-electron chi connectivity index (χ0n) is 13.8. The molecule has 1 unspecified atom stereocenters. The van der Waals surface area contributed by atoms with Crippen LogP contribution in [0.3, 0.4) is 0 Å². The molecule has 0 saturated carbocycles. The maximum absolute atomic E-state index is 14.0. The third kappa shape index (κ3) is 6.47. The SMILES string of the molecule is CCCCC(CC)COc1c(F)cccc1CNCCC. The maximum Gasteiger partial charge on any atom is 0.165 e. The second-order valence-corrected chi connectivity index (χ2v) is 5.63. The fraction of sp³-hybridized carbons (Fsp3) is 0.667. The number of nitrogens with one attached hydrogen (secondary N) is 1. The van der Waals surface area contributed by atoms with E-state index in [4.69, 9.17) is 4.74 Å². The Bertz CT molecular complexity index is 395. The van der Waals surface area contributed by atoms with Gasteiger partial charge in [-0.3, -0.25) is 0 Å². The second kappa shape index (κ2) is 10.6. The van der Waals surface area contributed by atoms with Crippen molar-refractivity contribution < 1.29 is 9.13 Å². The van der Waals surface area contributed by atoms with Gasteiger partial charge in [0.2, 0.25) is 0 Å². The minimum Gasteiger partial charge on any atom is -0.490 e. The molecule has 1 atom stereocenters. The molecule has 0 saturated heterocycles. The molecule has 0 heterocycles. The molecule has 0 fully saturated rings. The Morgan fingerprint density at radius 3 is 2.67 bits per heavy atom. The minimum atomic E-state index is -0.254. The van der Waals surface area contributed by atoms with E-state index in [-0.39, 0.29) is 5.82 Å². The molecule has 1 aromatic rings. The molecule has 1 rings (SSSR count). The van der Waals surface area contributed by atoms with Gasteiger partial charge in [-0.25, -0.2) is 4.39 Å². The lowest BCUT2D eigenvalue weighted by Gasteiger charge is -2.18.